The summed E-state index contributed by atoms with van der Waals surface area (Å²) in [5.41, 5.74) is 5.02. The van der Waals surface area contributed by atoms with Crippen LogP contribution in [-0.4, -0.2) is 34.5 Å². The topological polar surface area (TPSA) is 81.2 Å². The molecule has 1 aromatic heterocycles. The molecule has 0 atom stereocenters. The molecule has 4 aromatic rings. The number of aromatic nitrogens is 2. The summed E-state index contributed by atoms with van der Waals surface area (Å²) in [4.78, 5) is 34.7. The maximum atomic E-state index is 12.7. The van der Waals surface area contributed by atoms with Crippen LogP contribution in [0.4, 0.5) is 0 Å². The molecule has 1 fully saturated rings. The number of nitrogens with zero attached hydrogens (tertiary/aromatic N) is 2. The Bertz CT molecular complexity index is 1330. The van der Waals surface area contributed by atoms with E-state index in [2.05, 4.69) is 5.32 Å². The molecule has 35 heavy (non-hydrogen) atoms. The van der Waals surface area contributed by atoms with Gasteiger partial charge in [-0.1, -0.05) is 79.9 Å². The second kappa shape index (κ2) is 10.5. The number of hydrogen-bond acceptors (Lipinski definition) is 5. The molecule has 1 aliphatic rings. The first kappa shape index (κ1) is 22.7. The monoisotopic (exact) mass is 465 g/mol. The Morgan fingerprint density at radius 3 is 2.00 bits per heavy atom. The molecule has 1 N–H and O–H groups in total. The number of ether oxygens (including phenoxy) is 1. The lowest BCUT2D eigenvalue weighted by atomic mass is 9.95. The van der Waals surface area contributed by atoms with Crippen molar-refractivity contribution >= 4 is 22.9 Å². The van der Waals surface area contributed by atoms with Crippen molar-refractivity contribution < 1.29 is 14.3 Å². The van der Waals surface area contributed by atoms with Crippen LogP contribution in [0.25, 0.3) is 33.5 Å². The normalized spacial score (nSPS) is 13.9. The van der Waals surface area contributed by atoms with E-state index in [1.165, 1.54) is 6.42 Å². The summed E-state index contributed by atoms with van der Waals surface area (Å²) in [5.74, 6) is -0.814. The molecule has 1 amide bonds. The number of carbonyl (C=O) groups is 2. The van der Waals surface area contributed by atoms with E-state index in [1.54, 1.807) is 18.2 Å². The summed E-state index contributed by atoms with van der Waals surface area (Å²) in [6.45, 7) is -0.290. The lowest BCUT2D eigenvalue weighted by Crippen LogP contribution is -2.38. The number of nitrogens with one attached hydrogen (secondary N) is 1. The predicted molar refractivity (Wildman–Crippen MR) is 136 cm³/mol. The molecule has 3 aromatic carbocycles. The molecule has 0 saturated heterocycles. The SMILES string of the molecule is O=C(COC(=O)c1ccc2nc(-c3ccccc3)c(-c3ccccc3)nc2c1)NC1CCCCC1. The number of hydrogen-bond donors (Lipinski definition) is 1. The molecule has 6 nitrogen and oxygen atoms in total. The maximum Gasteiger partial charge on any atom is 0.338 e. The second-order valence-corrected chi connectivity index (χ2v) is 8.83. The van der Waals surface area contributed by atoms with E-state index >= 15 is 0 Å². The third-order valence-corrected chi connectivity index (χ3v) is 6.30. The first-order valence-corrected chi connectivity index (χ1v) is 12.1. The van der Waals surface area contributed by atoms with Crippen LogP contribution in [-0.2, 0) is 9.53 Å². The van der Waals surface area contributed by atoms with Gasteiger partial charge in [-0.3, -0.25) is 4.79 Å². The number of carbonyl (C=O) groups excluding carboxylic acids is 2. The standard InChI is InChI=1S/C29H27N3O3/c33-26(30-23-14-8-3-9-15-23)19-35-29(34)22-16-17-24-25(18-22)32-28(21-12-6-2-7-13-21)27(31-24)20-10-4-1-5-11-20/h1-2,4-7,10-13,16-18,23H,3,8-9,14-15,19H2,(H,30,33). The number of esters is 1. The molecule has 1 aliphatic carbocycles. The fourth-order valence-electron chi connectivity index (χ4n) is 4.51. The zero-order valence-corrected chi connectivity index (χ0v) is 19.4. The van der Waals surface area contributed by atoms with Crippen molar-refractivity contribution in [2.45, 2.75) is 38.1 Å². The van der Waals surface area contributed by atoms with Gasteiger partial charge in [0.25, 0.3) is 5.91 Å². The van der Waals surface area contributed by atoms with Crippen molar-refractivity contribution in [1.82, 2.24) is 15.3 Å². The van der Waals surface area contributed by atoms with Crippen LogP contribution in [0.5, 0.6) is 0 Å². The maximum absolute atomic E-state index is 12.7. The quantitative estimate of drug-likeness (QED) is 0.377. The van der Waals surface area contributed by atoms with E-state index in [0.717, 1.165) is 48.2 Å². The fourth-order valence-corrected chi connectivity index (χ4v) is 4.51. The van der Waals surface area contributed by atoms with Crippen molar-refractivity contribution in [3.8, 4) is 22.5 Å². The molecule has 1 heterocycles. The van der Waals surface area contributed by atoms with Crippen molar-refractivity contribution in [2.24, 2.45) is 0 Å². The molecule has 6 heteroatoms. The average Bonchev–Trinajstić information content (AvgIpc) is 2.92. The highest BCUT2D eigenvalue weighted by Crippen LogP contribution is 2.31. The van der Waals surface area contributed by atoms with Crippen LogP contribution in [0.1, 0.15) is 42.5 Å². The van der Waals surface area contributed by atoms with E-state index in [-0.39, 0.29) is 18.6 Å². The molecule has 176 valence electrons. The molecule has 0 bridgehead atoms. The third-order valence-electron chi connectivity index (χ3n) is 6.30. The Morgan fingerprint density at radius 1 is 0.771 bits per heavy atom. The molecule has 0 aliphatic heterocycles. The summed E-state index contributed by atoms with van der Waals surface area (Å²) < 4.78 is 5.29. The Balaban J connectivity index is 1.39. The molecule has 1 saturated carbocycles. The molecule has 0 spiro atoms. The Morgan fingerprint density at radius 2 is 1.37 bits per heavy atom. The van der Waals surface area contributed by atoms with Gasteiger partial charge in [0.2, 0.25) is 0 Å². The van der Waals surface area contributed by atoms with E-state index in [1.807, 2.05) is 60.7 Å². The van der Waals surface area contributed by atoms with Crippen LogP contribution in [0.15, 0.2) is 78.9 Å². The van der Waals surface area contributed by atoms with E-state index < -0.39 is 5.97 Å². The Hall–Kier alpha value is -4.06. The highest BCUT2D eigenvalue weighted by Gasteiger charge is 2.18. The first-order valence-electron chi connectivity index (χ1n) is 12.1. The lowest BCUT2D eigenvalue weighted by molar-refractivity contribution is -0.125. The minimum Gasteiger partial charge on any atom is -0.452 e. The van der Waals surface area contributed by atoms with Gasteiger partial charge in [0, 0.05) is 17.2 Å². The van der Waals surface area contributed by atoms with E-state index in [0.29, 0.717) is 16.6 Å². The van der Waals surface area contributed by atoms with E-state index in [4.69, 9.17) is 14.7 Å². The molecule has 5 rings (SSSR count). The van der Waals surface area contributed by atoms with Gasteiger partial charge in [-0.25, -0.2) is 14.8 Å². The highest BCUT2D eigenvalue weighted by molar-refractivity contribution is 5.96. The first-order chi connectivity index (χ1) is 17.2. The second-order valence-electron chi connectivity index (χ2n) is 8.83. The third kappa shape index (κ3) is 5.38. The Kier molecular flexibility index (Phi) is 6.80. The summed E-state index contributed by atoms with van der Waals surface area (Å²) in [5, 5.41) is 2.96. The van der Waals surface area contributed by atoms with Crippen LogP contribution < -0.4 is 5.32 Å². The largest absolute Gasteiger partial charge is 0.452 e. The predicted octanol–water partition coefficient (Wildman–Crippen LogP) is 5.57. The summed E-state index contributed by atoms with van der Waals surface area (Å²) in [7, 11) is 0. The van der Waals surface area contributed by atoms with Gasteiger partial charge in [-0.05, 0) is 31.0 Å². The van der Waals surface area contributed by atoms with Gasteiger partial charge in [0.15, 0.2) is 6.61 Å². The van der Waals surface area contributed by atoms with Gasteiger partial charge in [-0.15, -0.1) is 0 Å². The zero-order chi connectivity index (χ0) is 24.0. The minimum absolute atomic E-state index is 0.182. The van der Waals surface area contributed by atoms with Crippen molar-refractivity contribution in [3.63, 3.8) is 0 Å². The number of rotatable bonds is 6. The van der Waals surface area contributed by atoms with Crippen LogP contribution in [0, 0.1) is 0 Å². The van der Waals surface area contributed by atoms with Crippen LogP contribution in [0.3, 0.4) is 0 Å². The smallest absolute Gasteiger partial charge is 0.338 e. The number of benzene rings is 3. The summed E-state index contributed by atoms with van der Waals surface area (Å²) >= 11 is 0. The van der Waals surface area contributed by atoms with Crippen molar-refractivity contribution in [3.05, 3.63) is 84.4 Å². The fraction of sp³-hybridized carbons (Fsp3) is 0.241. The van der Waals surface area contributed by atoms with Crippen molar-refractivity contribution in [2.75, 3.05) is 6.61 Å². The van der Waals surface area contributed by atoms with Gasteiger partial charge in [-0.2, -0.15) is 0 Å². The van der Waals surface area contributed by atoms with E-state index in [9.17, 15) is 9.59 Å². The molecule has 0 radical (unpaired) electrons. The average molecular weight is 466 g/mol. The summed E-state index contributed by atoms with van der Waals surface area (Å²) in [6.07, 6.45) is 5.43. The summed E-state index contributed by atoms with van der Waals surface area (Å²) in [6, 6.07) is 25.1. The minimum atomic E-state index is -0.555. The Labute approximate surface area is 204 Å². The van der Waals surface area contributed by atoms with Gasteiger partial charge in [0.05, 0.1) is 28.0 Å². The number of amides is 1. The molecule has 0 unspecified atom stereocenters. The van der Waals surface area contributed by atoms with Gasteiger partial charge < -0.3 is 10.1 Å². The van der Waals surface area contributed by atoms with Crippen LogP contribution >= 0.6 is 0 Å². The lowest BCUT2D eigenvalue weighted by Gasteiger charge is -2.22. The van der Waals surface area contributed by atoms with Gasteiger partial charge in [0.1, 0.15) is 0 Å². The van der Waals surface area contributed by atoms with Crippen molar-refractivity contribution in [1.29, 1.82) is 0 Å². The zero-order valence-electron chi connectivity index (χ0n) is 19.4. The molecular weight excluding hydrogens is 438 g/mol. The molecular formula is C29H27N3O3. The van der Waals surface area contributed by atoms with Gasteiger partial charge >= 0.3 is 5.97 Å². The number of fused-ring (bicyclic) bond motifs is 1. The highest BCUT2D eigenvalue weighted by atomic mass is 16.5. The van der Waals surface area contributed by atoms with Crippen LogP contribution in [0.2, 0.25) is 0 Å².